The molecule has 2 N–H and O–H groups in total. The summed E-state index contributed by atoms with van der Waals surface area (Å²) in [5.41, 5.74) is 2.42. The number of carbonyl (C=O) groups excluding carboxylic acids is 3. The van der Waals surface area contributed by atoms with Crippen molar-refractivity contribution < 1.29 is 23.9 Å². The van der Waals surface area contributed by atoms with E-state index < -0.39 is 11.9 Å². The molecule has 0 radical (unpaired) electrons. The van der Waals surface area contributed by atoms with E-state index in [1.807, 2.05) is 61.5 Å². The van der Waals surface area contributed by atoms with E-state index in [2.05, 4.69) is 15.6 Å². The molecule has 0 unspecified atom stereocenters. The lowest BCUT2D eigenvalue weighted by Gasteiger charge is -2.33. The fourth-order valence-electron chi connectivity index (χ4n) is 5.49. The molecular weight excluding hydrogens is 580 g/mol. The van der Waals surface area contributed by atoms with Crippen molar-refractivity contribution in [2.75, 3.05) is 30.4 Å². The first-order valence-corrected chi connectivity index (χ1v) is 14.8. The van der Waals surface area contributed by atoms with Crippen LogP contribution in [-0.4, -0.2) is 54.0 Å². The van der Waals surface area contributed by atoms with Gasteiger partial charge in [-0.25, -0.2) is 9.78 Å². The molecule has 0 spiro atoms. The highest BCUT2D eigenvalue weighted by atomic mass is 32.1. The standard InChI is InChI=1S/C32H28N6O5S/c1-19-15-23(43-22-8-4-3-5-9-22)10-11-24(19)38-25-12-13-34-30-26(25)27(36-32(38)41)28(44-30)29(39)35-21-7-6-14-37(17-21)31(40)20(16-33)18-42-2/h3-5,8-13,15,18,21H,6-7,14,17H2,1-2H3,(H,35,39)(H,36,41)/b20-18+/t21-/m1/s1. The Morgan fingerprint density at radius 3 is 2.73 bits per heavy atom. The van der Waals surface area contributed by atoms with Gasteiger partial charge in [0, 0.05) is 25.3 Å². The molecule has 2 aliphatic heterocycles. The number of urea groups is 1. The maximum Gasteiger partial charge on any atom is 0.331 e. The van der Waals surface area contributed by atoms with E-state index in [9.17, 15) is 19.6 Å². The number of benzene rings is 2. The van der Waals surface area contributed by atoms with E-state index in [-0.39, 0.29) is 24.1 Å². The van der Waals surface area contributed by atoms with Crippen molar-refractivity contribution in [3.8, 4) is 17.6 Å². The van der Waals surface area contributed by atoms with Crippen LogP contribution in [0.4, 0.5) is 21.9 Å². The number of para-hydroxylation sites is 1. The number of rotatable bonds is 7. The highest BCUT2D eigenvalue weighted by Gasteiger charge is 2.34. The van der Waals surface area contributed by atoms with Gasteiger partial charge >= 0.3 is 6.03 Å². The number of hydrogen-bond donors (Lipinski definition) is 2. The maximum absolute atomic E-state index is 13.6. The summed E-state index contributed by atoms with van der Waals surface area (Å²) in [6.07, 6.45) is 4.07. The van der Waals surface area contributed by atoms with Gasteiger partial charge in [-0.3, -0.25) is 14.5 Å². The van der Waals surface area contributed by atoms with Gasteiger partial charge in [-0.2, -0.15) is 5.26 Å². The van der Waals surface area contributed by atoms with Gasteiger partial charge in [0.2, 0.25) is 0 Å². The molecule has 2 aliphatic rings. The van der Waals surface area contributed by atoms with Crippen molar-refractivity contribution in [2.24, 2.45) is 0 Å². The molecule has 6 rings (SSSR count). The third-order valence-corrected chi connectivity index (χ3v) is 8.57. The minimum atomic E-state index is -0.443. The molecule has 0 bridgehead atoms. The molecule has 2 aromatic heterocycles. The minimum absolute atomic E-state index is 0.104. The Labute approximate surface area is 257 Å². The van der Waals surface area contributed by atoms with E-state index in [0.717, 1.165) is 11.8 Å². The summed E-state index contributed by atoms with van der Waals surface area (Å²) >= 11 is 1.19. The molecule has 4 aromatic rings. The van der Waals surface area contributed by atoms with Gasteiger partial charge in [0.15, 0.2) is 5.57 Å². The van der Waals surface area contributed by atoms with E-state index in [4.69, 9.17) is 9.47 Å². The molecule has 0 saturated carbocycles. The average molecular weight is 609 g/mol. The molecule has 12 heteroatoms. The van der Waals surface area contributed by atoms with Gasteiger partial charge in [-0.1, -0.05) is 18.2 Å². The summed E-state index contributed by atoms with van der Waals surface area (Å²) in [7, 11) is 1.37. The number of pyridine rings is 1. The molecule has 4 amide bonds. The molecular formula is C32H28N6O5S. The Kier molecular flexibility index (Phi) is 7.87. The number of piperidine rings is 1. The molecule has 1 atom stereocenters. The van der Waals surface area contributed by atoms with E-state index in [1.165, 1.54) is 23.3 Å². The average Bonchev–Trinajstić information content (AvgIpc) is 3.40. The highest BCUT2D eigenvalue weighted by molar-refractivity contribution is 7.21. The Morgan fingerprint density at radius 1 is 1.16 bits per heavy atom. The SMILES string of the molecule is CO/C=C(\C#N)C(=O)N1CCC[C@@H](NC(=O)c2sc3nccc4c3c2NC(=O)N4c2ccc(Oc3ccccc3)cc2C)C1. The first kappa shape index (κ1) is 28.7. The quantitative estimate of drug-likeness (QED) is 0.152. The number of ether oxygens (including phenoxy) is 2. The number of nitriles is 1. The van der Waals surface area contributed by atoms with Gasteiger partial charge < -0.3 is 25.0 Å². The molecule has 0 aliphatic carbocycles. The zero-order chi connectivity index (χ0) is 30.8. The van der Waals surface area contributed by atoms with Crippen LogP contribution in [0.25, 0.3) is 10.2 Å². The zero-order valence-electron chi connectivity index (χ0n) is 24.0. The number of aryl methyl sites for hydroxylation is 1. The van der Waals surface area contributed by atoms with E-state index in [0.29, 0.717) is 63.0 Å². The van der Waals surface area contributed by atoms with Crippen LogP contribution in [0.1, 0.15) is 28.1 Å². The Bertz CT molecular complexity index is 1850. The Balaban J connectivity index is 1.25. The zero-order valence-corrected chi connectivity index (χ0v) is 24.8. The fourth-order valence-corrected chi connectivity index (χ4v) is 6.52. The number of likely N-dealkylation sites (tertiary alicyclic amines) is 1. The maximum atomic E-state index is 13.6. The van der Waals surface area contributed by atoms with Gasteiger partial charge in [0.25, 0.3) is 11.8 Å². The van der Waals surface area contributed by atoms with Crippen LogP contribution in [0.3, 0.4) is 0 Å². The molecule has 44 heavy (non-hydrogen) atoms. The molecule has 1 saturated heterocycles. The second-order valence-corrected chi connectivity index (χ2v) is 11.4. The van der Waals surface area contributed by atoms with Crippen LogP contribution >= 0.6 is 11.3 Å². The topological polar surface area (TPSA) is 137 Å². The number of methoxy groups -OCH3 is 1. The number of nitrogens with one attached hydrogen (secondary N) is 2. The van der Waals surface area contributed by atoms with E-state index in [1.54, 1.807) is 17.2 Å². The van der Waals surface area contributed by atoms with Crippen molar-refractivity contribution in [1.29, 1.82) is 5.26 Å². The van der Waals surface area contributed by atoms with Gasteiger partial charge in [-0.15, -0.1) is 11.3 Å². The number of anilines is 3. The van der Waals surface area contributed by atoms with Crippen LogP contribution in [0, 0.1) is 18.3 Å². The summed E-state index contributed by atoms with van der Waals surface area (Å²) in [6.45, 7) is 2.63. The van der Waals surface area contributed by atoms with Crippen LogP contribution < -0.4 is 20.3 Å². The van der Waals surface area contributed by atoms with Crippen molar-refractivity contribution in [2.45, 2.75) is 25.8 Å². The molecule has 222 valence electrons. The number of amides is 4. The van der Waals surface area contributed by atoms with Gasteiger partial charge in [-0.05, 0) is 61.7 Å². The summed E-state index contributed by atoms with van der Waals surface area (Å²) in [4.78, 5) is 48.5. The predicted molar refractivity (Wildman–Crippen MR) is 166 cm³/mol. The number of thiophene rings is 1. The van der Waals surface area contributed by atoms with Crippen molar-refractivity contribution in [3.63, 3.8) is 0 Å². The number of carbonyl (C=O) groups is 3. The normalized spacial score (nSPS) is 16.2. The smallest absolute Gasteiger partial charge is 0.331 e. The van der Waals surface area contributed by atoms with Crippen LogP contribution in [0.15, 0.2) is 72.6 Å². The van der Waals surface area contributed by atoms with Gasteiger partial charge in [0.1, 0.15) is 33.5 Å². The second-order valence-electron chi connectivity index (χ2n) is 10.4. The molecule has 4 heterocycles. The first-order valence-electron chi connectivity index (χ1n) is 14.0. The van der Waals surface area contributed by atoms with E-state index >= 15 is 0 Å². The monoisotopic (exact) mass is 608 g/mol. The number of hydrogen-bond acceptors (Lipinski definition) is 8. The Morgan fingerprint density at radius 2 is 1.98 bits per heavy atom. The predicted octanol–water partition coefficient (Wildman–Crippen LogP) is 5.86. The first-order chi connectivity index (χ1) is 21.4. The van der Waals surface area contributed by atoms with Crippen molar-refractivity contribution >= 4 is 56.5 Å². The minimum Gasteiger partial charge on any atom is -0.503 e. The third-order valence-electron chi connectivity index (χ3n) is 7.47. The third kappa shape index (κ3) is 5.41. The largest absolute Gasteiger partial charge is 0.503 e. The summed E-state index contributed by atoms with van der Waals surface area (Å²) in [5.74, 6) is 0.545. The lowest BCUT2D eigenvalue weighted by molar-refractivity contribution is -0.128. The molecule has 2 aromatic carbocycles. The number of nitrogens with zero attached hydrogens (tertiary/aromatic N) is 4. The van der Waals surface area contributed by atoms with Crippen LogP contribution in [0.5, 0.6) is 11.5 Å². The van der Waals surface area contributed by atoms with Crippen LogP contribution in [0.2, 0.25) is 0 Å². The molecule has 11 nitrogen and oxygen atoms in total. The number of aromatic nitrogens is 1. The van der Waals surface area contributed by atoms with Crippen LogP contribution in [-0.2, 0) is 9.53 Å². The Hall–Kier alpha value is -5.41. The second kappa shape index (κ2) is 12.1. The highest BCUT2D eigenvalue weighted by Crippen LogP contribution is 2.46. The van der Waals surface area contributed by atoms with Crippen molar-refractivity contribution in [1.82, 2.24) is 15.2 Å². The molecule has 1 fully saturated rings. The summed E-state index contributed by atoms with van der Waals surface area (Å²) in [5, 5.41) is 15.9. The fraction of sp³-hybridized carbons (Fsp3) is 0.219. The summed E-state index contributed by atoms with van der Waals surface area (Å²) < 4.78 is 10.8. The van der Waals surface area contributed by atoms with Crippen molar-refractivity contribution in [3.05, 3.63) is 83.1 Å². The lowest BCUT2D eigenvalue weighted by Crippen LogP contribution is -2.50. The summed E-state index contributed by atoms with van der Waals surface area (Å²) in [6, 6.07) is 17.9. The lowest BCUT2D eigenvalue weighted by atomic mass is 10.0. The van der Waals surface area contributed by atoms with Gasteiger partial charge in [0.05, 0.1) is 29.6 Å².